The molecule has 6 nitrogen and oxygen atoms in total. The van der Waals surface area contributed by atoms with Crippen molar-refractivity contribution >= 4 is 23.5 Å². The van der Waals surface area contributed by atoms with Crippen LogP contribution in [0.5, 0.6) is 0 Å². The van der Waals surface area contributed by atoms with E-state index in [0.717, 1.165) is 12.8 Å². The van der Waals surface area contributed by atoms with Gasteiger partial charge in [0.15, 0.2) is 0 Å². The van der Waals surface area contributed by atoms with Crippen LogP contribution in [-0.4, -0.2) is 29.4 Å². The molecule has 1 unspecified atom stereocenters. The molecule has 1 aromatic rings. The average molecular weight is 302 g/mol. The molecule has 0 heterocycles. The smallest absolute Gasteiger partial charge is 0.322 e. The molecule has 2 amide bonds. The Balaban J connectivity index is 1.85. The molecule has 6 heteroatoms. The van der Waals surface area contributed by atoms with Crippen molar-refractivity contribution in [2.24, 2.45) is 5.92 Å². The van der Waals surface area contributed by atoms with Crippen LogP contribution in [0.15, 0.2) is 36.4 Å². The Hall–Kier alpha value is -2.63. The second-order valence-electron chi connectivity index (χ2n) is 5.17. The number of benzene rings is 1. The highest BCUT2D eigenvalue weighted by molar-refractivity contribution is 5.97. The lowest BCUT2D eigenvalue weighted by molar-refractivity contribution is -0.135. The van der Waals surface area contributed by atoms with Gasteiger partial charge in [-0.1, -0.05) is 12.2 Å². The fraction of sp³-hybridized carbons (Fsp3) is 0.312. The summed E-state index contributed by atoms with van der Waals surface area (Å²) in [6, 6.07) is 6.33. The van der Waals surface area contributed by atoms with Gasteiger partial charge in [-0.25, -0.2) is 0 Å². The minimum absolute atomic E-state index is 0.0559. The van der Waals surface area contributed by atoms with Crippen LogP contribution in [0.2, 0.25) is 0 Å². The quantitative estimate of drug-likeness (QED) is 0.698. The molecule has 22 heavy (non-hydrogen) atoms. The number of anilines is 1. The van der Waals surface area contributed by atoms with Gasteiger partial charge in [0.25, 0.3) is 5.91 Å². The molecule has 0 aromatic heterocycles. The summed E-state index contributed by atoms with van der Waals surface area (Å²) >= 11 is 0. The van der Waals surface area contributed by atoms with Crippen LogP contribution in [-0.2, 0) is 9.59 Å². The number of aliphatic carboxylic acids is 1. The molecule has 2 rings (SSSR count). The number of hydrogen-bond donors (Lipinski definition) is 3. The zero-order valence-electron chi connectivity index (χ0n) is 12.0. The van der Waals surface area contributed by atoms with Crippen molar-refractivity contribution in [1.82, 2.24) is 5.32 Å². The SMILES string of the molecule is O=C(O)CNC(=O)c1ccc(NC(=O)CC2C=CCC2)cc1. The highest BCUT2D eigenvalue weighted by Gasteiger charge is 2.14. The zero-order chi connectivity index (χ0) is 15.9. The van der Waals surface area contributed by atoms with E-state index < -0.39 is 18.4 Å². The highest BCUT2D eigenvalue weighted by Crippen LogP contribution is 2.21. The first-order chi connectivity index (χ1) is 10.5. The fourth-order valence-electron chi connectivity index (χ4n) is 2.28. The summed E-state index contributed by atoms with van der Waals surface area (Å²) in [7, 11) is 0. The van der Waals surface area contributed by atoms with Gasteiger partial charge in [0.2, 0.25) is 5.91 Å². The molecule has 0 radical (unpaired) electrons. The average Bonchev–Trinajstić information content (AvgIpc) is 2.98. The van der Waals surface area contributed by atoms with Gasteiger partial charge in [-0.05, 0) is 43.0 Å². The molecule has 116 valence electrons. The minimum Gasteiger partial charge on any atom is -0.480 e. The van der Waals surface area contributed by atoms with Crippen molar-refractivity contribution in [3.05, 3.63) is 42.0 Å². The standard InChI is InChI=1S/C16H18N2O4/c19-14(9-11-3-1-2-4-11)18-13-7-5-12(6-8-13)16(22)17-10-15(20)21/h1,3,5-8,11H,2,4,9-10H2,(H,17,22)(H,18,19)(H,20,21). The van der Waals surface area contributed by atoms with E-state index in [4.69, 9.17) is 5.11 Å². The molecular weight excluding hydrogens is 284 g/mol. The molecule has 3 N–H and O–H groups in total. The van der Waals surface area contributed by atoms with Gasteiger partial charge in [0.1, 0.15) is 6.54 Å². The Bertz CT molecular complexity index is 593. The van der Waals surface area contributed by atoms with Crippen LogP contribution >= 0.6 is 0 Å². The largest absolute Gasteiger partial charge is 0.480 e. The van der Waals surface area contributed by atoms with Crippen molar-refractivity contribution in [3.8, 4) is 0 Å². The van der Waals surface area contributed by atoms with E-state index in [1.165, 1.54) is 0 Å². The van der Waals surface area contributed by atoms with Crippen LogP contribution in [0.4, 0.5) is 5.69 Å². The van der Waals surface area contributed by atoms with Crippen LogP contribution in [0, 0.1) is 5.92 Å². The van der Waals surface area contributed by atoms with Crippen LogP contribution in [0.1, 0.15) is 29.6 Å². The van der Waals surface area contributed by atoms with Gasteiger partial charge >= 0.3 is 5.97 Å². The number of allylic oxidation sites excluding steroid dienone is 2. The normalized spacial score (nSPS) is 16.3. The minimum atomic E-state index is -1.10. The lowest BCUT2D eigenvalue weighted by atomic mass is 10.0. The van der Waals surface area contributed by atoms with Crippen molar-refractivity contribution in [1.29, 1.82) is 0 Å². The number of amides is 2. The predicted molar refractivity (Wildman–Crippen MR) is 81.5 cm³/mol. The van der Waals surface area contributed by atoms with Crippen molar-refractivity contribution < 1.29 is 19.5 Å². The van der Waals surface area contributed by atoms with E-state index in [1.807, 2.05) is 0 Å². The summed E-state index contributed by atoms with van der Waals surface area (Å²) in [5, 5.41) is 13.6. The number of carboxylic acid groups (broad SMARTS) is 1. The molecule has 0 spiro atoms. The molecule has 0 saturated heterocycles. The van der Waals surface area contributed by atoms with E-state index >= 15 is 0 Å². The highest BCUT2D eigenvalue weighted by atomic mass is 16.4. The van der Waals surface area contributed by atoms with Gasteiger partial charge in [-0.15, -0.1) is 0 Å². The maximum atomic E-state index is 11.9. The summed E-state index contributed by atoms with van der Waals surface area (Å²) < 4.78 is 0. The Morgan fingerprint density at radius 1 is 1.18 bits per heavy atom. The summed E-state index contributed by atoms with van der Waals surface area (Å²) in [5.41, 5.74) is 0.958. The van der Waals surface area contributed by atoms with Crippen molar-refractivity contribution in [2.75, 3.05) is 11.9 Å². The monoisotopic (exact) mass is 302 g/mol. The Labute approximate surface area is 128 Å². The van der Waals surface area contributed by atoms with E-state index in [-0.39, 0.29) is 5.91 Å². The number of carboxylic acids is 1. The summed E-state index contributed by atoms with van der Waals surface area (Å²) in [5.74, 6) is -1.31. The molecular formula is C16H18N2O4. The summed E-state index contributed by atoms with van der Waals surface area (Å²) in [6.07, 6.45) is 6.64. The lowest BCUT2D eigenvalue weighted by Crippen LogP contribution is -2.29. The first-order valence-electron chi connectivity index (χ1n) is 7.11. The molecule has 1 aromatic carbocycles. The van der Waals surface area contributed by atoms with Crippen LogP contribution < -0.4 is 10.6 Å². The lowest BCUT2D eigenvalue weighted by Gasteiger charge is -2.09. The Morgan fingerprint density at radius 2 is 1.91 bits per heavy atom. The number of carbonyl (C=O) groups is 3. The van der Waals surface area contributed by atoms with Gasteiger partial charge < -0.3 is 15.7 Å². The third kappa shape index (κ3) is 4.73. The maximum Gasteiger partial charge on any atom is 0.322 e. The second-order valence-corrected chi connectivity index (χ2v) is 5.17. The molecule has 1 aliphatic carbocycles. The molecule has 0 fully saturated rings. The molecule has 0 saturated carbocycles. The predicted octanol–water partition coefficient (Wildman–Crippen LogP) is 1.80. The van der Waals surface area contributed by atoms with Gasteiger partial charge in [0.05, 0.1) is 0 Å². The number of nitrogens with one attached hydrogen (secondary N) is 2. The van der Waals surface area contributed by atoms with E-state index in [0.29, 0.717) is 23.6 Å². The van der Waals surface area contributed by atoms with E-state index in [2.05, 4.69) is 22.8 Å². The van der Waals surface area contributed by atoms with Crippen LogP contribution in [0.25, 0.3) is 0 Å². The molecule has 1 aliphatic rings. The van der Waals surface area contributed by atoms with Gasteiger partial charge in [-0.3, -0.25) is 14.4 Å². The number of carbonyl (C=O) groups excluding carboxylic acids is 2. The van der Waals surface area contributed by atoms with Gasteiger partial charge in [-0.2, -0.15) is 0 Å². The summed E-state index contributed by atoms with van der Waals surface area (Å²) in [6.45, 7) is -0.424. The third-order valence-corrected chi connectivity index (χ3v) is 3.39. The Morgan fingerprint density at radius 3 is 2.50 bits per heavy atom. The maximum absolute atomic E-state index is 11.9. The zero-order valence-corrected chi connectivity index (χ0v) is 12.0. The van der Waals surface area contributed by atoms with Crippen molar-refractivity contribution in [2.45, 2.75) is 19.3 Å². The third-order valence-electron chi connectivity index (χ3n) is 3.39. The summed E-state index contributed by atoms with van der Waals surface area (Å²) in [4.78, 5) is 33.9. The van der Waals surface area contributed by atoms with Crippen molar-refractivity contribution in [3.63, 3.8) is 0 Å². The first-order valence-corrected chi connectivity index (χ1v) is 7.11. The molecule has 0 aliphatic heterocycles. The van der Waals surface area contributed by atoms with E-state index in [9.17, 15) is 14.4 Å². The molecule has 1 atom stereocenters. The van der Waals surface area contributed by atoms with E-state index in [1.54, 1.807) is 24.3 Å². The fourth-order valence-corrected chi connectivity index (χ4v) is 2.28. The molecule has 0 bridgehead atoms. The first kappa shape index (κ1) is 15.8. The second kappa shape index (κ2) is 7.40. The number of rotatable bonds is 6. The topological polar surface area (TPSA) is 95.5 Å². The number of hydrogen-bond acceptors (Lipinski definition) is 3. The Kier molecular flexibility index (Phi) is 5.30. The van der Waals surface area contributed by atoms with Gasteiger partial charge in [0, 0.05) is 17.7 Å². The van der Waals surface area contributed by atoms with Crippen LogP contribution in [0.3, 0.4) is 0 Å².